The Kier molecular flexibility index (Phi) is 4.06. The van der Waals surface area contributed by atoms with Crippen LogP contribution in [0.25, 0.3) is 0 Å². The Labute approximate surface area is 137 Å². The van der Waals surface area contributed by atoms with Crippen LogP contribution in [0.4, 0.5) is 0 Å². The summed E-state index contributed by atoms with van der Waals surface area (Å²) in [6.07, 6.45) is 1.91. The number of carbonyl (C=O) groups is 1. The van der Waals surface area contributed by atoms with Gasteiger partial charge >= 0.3 is 0 Å². The van der Waals surface area contributed by atoms with E-state index in [0.717, 1.165) is 19.4 Å². The topological polar surface area (TPSA) is 40.5 Å². The lowest BCUT2D eigenvalue weighted by atomic mass is 9.89. The number of nitrogens with zero attached hydrogens (tertiary/aromatic N) is 1. The molecule has 1 N–H and O–H groups in total. The first-order chi connectivity index (χ1) is 10.0. The molecule has 0 aromatic heterocycles. The maximum Gasteiger partial charge on any atom is 0.172 e. The average molecular weight is 368 g/mol. The second-order valence-electron chi connectivity index (χ2n) is 5.59. The van der Waals surface area contributed by atoms with Crippen LogP contribution in [0.2, 0.25) is 0 Å². The van der Waals surface area contributed by atoms with Gasteiger partial charge < -0.3 is 10.0 Å². The van der Waals surface area contributed by atoms with Gasteiger partial charge in [-0.25, -0.2) is 0 Å². The summed E-state index contributed by atoms with van der Waals surface area (Å²) in [6.45, 7) is 5.28. The molecular formula is C16H18BrNO2S. The monoisotopic (exact) mass is 367 g/mol. The number of aromatic hydroxyl groups is 1. The van der Waals surface area contributed by atoms with Crippen molar-refractivity contribution in [2.75, 3.05) is 6.54 Å². The van der Waals surface area contributed by atoms with Gasteiger partial charge in [0.2, 0.25) is 0 Å². The quantitative estimate of drug-likeness (QED) is 0.787. The molecule has 5 heteroatoms. The van der Waals surface area contributed by atoms with Crippen LogP contribution in [0.15, 0.2) is 33.3 Å². The third kappa shape index (κ3) is 2.50. The number of fused-ring (bicyclic) bond motifs is 1. The fourth-order valence-electron chi connectivity index (χ4n) is 3.12. The molecule has 0 spiro atoms. The summed E-state index contributed by atoms with van der Waals surface area (Å²) >= 11 is 5.08. The van der Waals surface area contributed by atoms with E-state index in [0.29, 0.717) is 10.0 Å². The number of Topliss-reactive ketones (excluding diaryl/α,β-unsaturated/α-hetero) is 1. The number of hydrogen-bond donors (Lipinski definition) is 1. The maximum absolute atomic E-state index is 12.9. The van der Waals surface area contributed by atoms with Crippen LogP contribution in [0.3, 0.4) is 0 Å². The Balaban J connectivity index is 1.90. The number of phenolic OH excluding ortho intramolecular Hbond substituents is 1. The number of carbonyl (C=O) groups excluding carboxylic acids is 1. The Hall–Kier alpha value is -0.940. The number of para-hydroxylation sites is 1. The van der Waals surface area contributed by atoms with Crippen molar-refractivity contribution in [3.05, 3.63) is 38.8 Å². The highest BCUT2D eigenvalue weighted by atomic mass is 79.9. The summed E-state index contributed by atoms with van der Waals surface area (Å²) in [5.41, 5.74) is 1.72. The van der Waals surface area contributed by atoms with Crippen molar-refractivity contribution < 1.29 is 9.90 Å². The highest BCUT2D eigenvalue weighted by Gasteiger charge is 2.41. The van der Waals surface area contributed by atoms with Gasteiger partial charge in [-0.2, -0.15) is 0 Å². The van der Waals surface area contributed by atoms with E-state index < -0.39 is 0 Å². The number of rotatable bonds is 2. The zero-order chi connectivity index (χ0) is 15.1. The first-order valence-corrected chi connectivity index (χ1v) is 8.80. The fourth-order valence-corrected chi connectivity index (χ4v) is 4.95. The van der Waals surface area contributed by atoms with Gasteiger partial charge in [0.15, 0.2) is 5.78 Å². The summed E-state index contributed by atoms with van der Waals surface area (Å²) in [5, 5.41) is 10.3. The molecule has 0 bridgehead atoms. The highest BCUT2D eigenvalue weighted by Crippen LogP contribution is 2.46. The van der Waals surface area contributed by atoms with Crippen molar-refractivity contribution in [2.24, 2.45) is 5.92 Å². The van der Waals surface area contributed by atoms with E-state index in [2.05, 4.69) is 34.7 Å². The molecule has 2 unspecified atom stereocenters. The minimum Gasteiger partial charge on any atom is -0.506 e. The lowest BCUT2D eigenvalue weighted by Crippen LogP contribution is -2.42. The third-order valence-corrected chi connectivity index (χ3v) is 6.51. The summed E-state index contributed by atoms with van der Waals surface area (Å²) in [4.78, 5) is 16.5. The fraction of sp³-hybridized carbons (Fsp3) is 0.438. The number of phenols is 1. The van der Waals surface area contributed by atoms with Crippen LogP contribution in [-0.4, -0.2) is 27.7 Å². The van der Waals surface area contributed by atoms with Crippen LogP contribution in [-0.2, 0) is 0 Å². The van der Waals surface area contributed by atoms with E-state index in [9.17, 15) is 9.90 Å². The van der Waals surface area contributed by atoms with E-state index in [1.165, 1.54) is 10.6 Å². The summed E-state index contributed by atoms with van der Waals surface area (Å²) in [5.74, 6) is 0.0545. The summed E-state index contributed by atoms with van der Waals surface area (Å²) in [6, 6.07) is 5.27. The number of allylic oxidation sites excluding steroid dienone is 2. The van der Waals surface area contributed by atoms with Gasteiger partial charge in [0, 0.05) is 17.1 Å². The SMILES string of the molecule is CC1=C(C)N2CCCC(C(=O)c3cccc(Br)c3O)C2S1. The summed E-state index contributed by atoms with van der Waals surface area (Å²) in [7, 11) is 0. The maximum atomic E-state index is 12.9. The Bertz CT molecular complexity index is 629. The molecule has 2 aliphatic rings. The van der Waals surface area contributed by atoms with Crippen LogP contribution in [0, 0.1) is 5.92 Å². The van der Waals surface area contributed by atoms with E-state index in [1.54, 1.807) is 30.0 Å². The zero-order valence-electron chi connectivity index (χ0n) is 12.1. The van der Waals surface area contributed by atoms with Crippen molar-refractivity contribution in [3.63, 3.8) is 0 Å². The van der Waals surface area contributed by atoms with Crippen molar-refractivity contribution >= 4 is 33.5 Å². The molecule has 0 radical (unpaired) electrons. The molecule has 0 saturated carbocycles. The highest BCUT2D eigenvalue weighted by molar-refractivity contribution is 9.10. The normalized spacial score (nSPS) is 25.2. The van der Waals surface area contributed by atoms with Crippen LogP contribution < -0.4 is 0 Å². The van der Waals surface area contributed by atoms with E-state index in [4.69, 9.17) is 0 Å². The van der Waals surface area contributed by atoms with Crippen LogP contribution in [0.5, 0.6) is 5.75 Å². The molecule has 21 heavy (non-hydrogen) atoms. The second kappa shape index (κ2) is 5.69. The number of halogens is 1. The van der Waals surface area contributed by atoms with Crippen LogP contribution in [0.1, 0.15) is 37.0 Å². The van der Waals surface area contributed by atoms with Gasteiger partial charge in [0.25, 0.3) is 0 Å². The van der Waals surface area contributed by atoms with Gasteiger partial charge in [0.1, 0.15) is 5.75 Å². The lowest BCUT2D eigenvalue weighted by molar-refractivity contribution is 0.0825. The molecule has 1 aromatic carbocycles. The van der Waals surface area contributed by atoms with Gasteiger partial charge in [0.05, 0.1) is 21.3 Å². The van der Waals surface area contributed by atoms with Crippen molar-refractivity contribution in [3.8, 4) is 5.75 Å². The smallest absolute Gasteiger partial charge is 0.172 e. The molecule has 3 rings (SSSR count). The molecule has 0 aliphatic carbocycles. The molecule has 1 aromatic rings. The van der Waals surface area contributed by atoms with Crippen molar-refractivity contribution in [2.45, 2.75) is 32.1 Å². The largest absolute Gasteiger partial charge is 0.506 e. The van der Waals surface area contributed by atoms with Gasteiger partial charge in [-0.1, -0.05) is 6.07 Å². The molecule has 2 heterocycles. The number of hydrogen-bond acceptors (Lipinski definition) is 4. The van der Waals surface area contributed by atoms with Crippen molar-refractivity contribution in [1.82, 2.24) is 4.90 Å². The number of piperidine rings is 1. The number of thioether (sulfide) groups is 1. The van der Waals surface area contributed by atoms with E-state index in [-0.39, 0.29) is 22.8 Å². The van der Waals surface area contributed by atoms with Gasteiger partial charge in [-0.15, -0.1) is 11.8 Å². The van der Waals surface area contributed by atoms with E-state index >= 15 is 0 Å². The number of benzene rings is 1. The molecule has 1 fully saturated rings. The molecule has 0 amide bonds. The lowest BCUT2D eigenvalue weighted by Gasteiger charge is -2.37. The minimum atomic E-state index is -0.0589. The first-order valence-electron chi connectivity index (χ1n) is 7.13. The Morgan fingerprint density at radius 2 is 2.19 bits per heavy atom. The van der Waals surface area contributed by atoms with Crippen LogP contribution >= 0.6 is 27.7 Å². The van der Waals surface area contributed by atoms with Gasteiger partial charge in [-0.05, 0) is 54.8 Å². The predicted molar refractivity (Wildman–Crippen MR) is 89.3 cm³/mol. The predicted octanol–water partition coefficient (Wildman–Crippen LogP) is 4.37. The standard InChI is InChI=1S/C16H18BrNO2S/c1-9-10(2)21-16-12(6-4-8-18(9)16)14(19)11-5-3-7-13(17)15(11)20/h3,5,7,12,16,20H,4,6,8H2,1-2H3. The van der Waals surface area contributed by atoms with Crippen molar-refractivity contribution in [1.29, 1.82) is 0 Å². The molecule has 112 valence electrons. The molecular weight excluding hydrogens is 350 g/mol. The van der Waals surface area contributed by atoms with E-state index in [1.807, 2.05) is 0 Å². The molecule has 1 saturated heterocycles. The summed E-state index contributed by atoms with van der Waals surface area (Å²) < 4.78 is 0.575. The molecule has 2 aliphatic heterocycles. The zero-order valence-corrected chi connectivity index (χ0v) is 14.5. The molecule has 2 atom stereocenters. The Morgan fingerprint density at radius 1 is 1.43 bits per heavy atom. The first kappa shape index (κ1) is 15.0. The molecule has 3 nitrogen and oxygen atoms in total. The number of ketones is 1. The van der Waals surface area contributed by atoms with Gasteiger partial charge in [-0.3, -0.25) is 4.79 Å². The third-order valence-electron chi connectivity index (χ3n) is 4.39. The second-order valence-corrected chi connectivity index (χ2v) is 7.78. The Morgan fingerprint density at radius 3 is 2.95 bits per heavy atom. The minimum absolute atomic E-state index is 0.0542. The average Bonchev–Trinajstić information content (AvgIpc) is 2.77.